The summed E-state index contributed by atoms with van der Waals surface area (Å²) in [5, 5.41) is 14.6. The lowest BCUT2D eigenvalue weighted by Gasteiger charge is -2.48. The number of aliphatic hydroxyl groups is 1. The van der Waals surface area contributed by atoms with E-state index in [4.69, 9.17) is 4.74 Å². The molecule has 178 valence electrons. The first kappa shape index (κ1) is 22.3. The molecule has 3 amide bonds. The number of nitrogens with one attached hydrogen (secondary N) is 2. The number of aliphatic hydroxyl groups excluding tert-OH is 1. The number of para-hydroxylation sites is 1. The summed E-state index contributed by atoms with van der Waals surface area (Å²) >= 11 is 0. The fraction of sp³-hybridized carbons (Fsp3) is 0.385. The highest BCUT2D eigenvalue weighted by atomic mass is 16.5. The van der Waals surface area contributed by atoms with Crippen molar-refractivity contribution in [2.75, 3.05) is 26.0 Å². The van der Waals surface area contributed by atoms with Gasteiger partial charge in [-0.25, -0.2) is 4.79 Å². The van der Waals surface area contributed by atoms with Gasteiger partial charge in [0.1, 0.15) is 5.75 Å². The van der Waals surface area contributed by atoms with Crippen molar-refractivity contribution in [1.29, 1.82) is 0 Å². The lowest BCUT2D eigenvalue weighted by molar-refractivity contribution is -0.151. The Bertz CT molecular complexity index is 1220. The predicted molar refractivity (Wildman–Crippen MR) is 130 cm³/mol. The number of carbonyl (C=O) groups excluding carboxylic acids is 2. The highest BCUT2D eigenvalue weighted by molar-refractivity contribution is 5.91. The summed E-state index contributed by atoms with van der Waals surface area (Å²) in [6, 6.07) is 14.3. The normalized spacial score (nSPS) is 22.6. The molecule has 5 rings (SSSR count). The Balaban J connectivity index is 1.44. The minimum Gasteiger partial charge on any atom is -0.497 e. The van der Waals surface area contributed by atoms with Gasteiger partial charge in [0.15, 0.2) is 0 Å². The van der Waals surface area contributed by atoms with E-state index in [2.05, 4.69) is 16.4 Å². The number of rotatable bonds is 4. The number of aromatic amines is 1. The second kappa shape index (κ2) is 8.68. The van der Waals surface area contributed by atoms with Crippen molar-refractivity contribution in [2.24, 2.45) is 5.92 Å². The van der Waals surface area contributed by atoms with E-state index in [0.29, 0.717) is 24.4 Å². The molecule has 34 heavy (non-hydrogen) atoms. The quantitative estimate of drug-likeness (QED) is 0.552. The number of anilines is 1. The Morgan fingerprint density at radius 2 is 1.97 bits per heavy atom. The molecule has 2 aliphatic rings. The van der Waals surface area contributed by atoms with Gasteiger partial charge in [-0.1, -0.05) is 18.2 Å². The fourth-order valence-corrected chi connectivity index (χ4v) is 5.52. The largest absolute Gasteiger partial charge is 0.497 e. The summed E-state index contributed by atoms with van der Waals surface area (Å²) in [6.07, 6.45) is 0.444. The van der Waals surface area contributed by atoms with Crippen LogP contribution < -0.4 is 10.1 Å². The van der Waals surface area contributed by atoms with Crippen LogP contribution in [0.5, 0.6) is 5.75 Å². The van der Waals surface area contributed by atoms with Gasteiger partial charge in [-0.05, 0) is 55.7 Å². The predicted octanol–water partition coefficient (Wildman–Crippen LogP) is 3.54. The molecule has 0 radical (unpaired) electrons. The topological polar surface area (TPSA) is 97.9 Å². The number of benzene rings is 2. The lowest BCUT2D eigenvalue weighted by atomic mass is 9.79. The number of ether oxygens (including phenoxy) is 1. The molecule has 0 aliphatic carbocycles. The van der Waals surface area contributed by atoms with Crippen LogP contribution in [-0.4, -0.2) is 64.7 Å². The lowest BCUT2D eigenvalue weighted by Crippen LogP contribution is -2.60. The van der Waals surface area contributed by atoms with E-state index in [1.807, 2.05) is 23.1 Å². The van der Waals surface area contributed by atoms with Crippen molar-refractivity contribution < 1.29 is 19.4 Å². The molecule has 3 N–H and O–H groups in total. The van der Waals surface area contributed by atoms with Gasteiger partial charge in [0, 0.05) is 41.9 Å². The molecular weight excluding hydrogens is 432 g/mol. The number of amides is 3. The highest BCUT2D eigenvalue weighted by Gasteiger charge is 2.49. The molecule has 1 aromatic heterocycles. The van der Waals surface area contributed by atoms with Gasteiger partial charge < -0.3 is 29.9 Å². The molecule has 3 heterocycles. The van der Waals surface area contributed by atoms with Gasteiger partial charge in [0.05, 0.1) is 25.2 Å². The number of piperidine rings is 1. The van der Waals surface area contributed by atoms with Crippen molar-refractivity contribution in [3.8, 4) is 5.75 Å². The molecule has 2 aromatic carbocycles. The third-order valence-corrected chi connectivity index (χ3v) is 7.29. The van der Waals surface area contributed by atoms with Crippen LogP contribution in [0.15, 0.2) is 48.5 Å². The molecule has 2 aliphatic heterocycles. The molecular formula is C26H30N4O4. The molecule has 4 atom stereocenters. The van der Waals surface area contributed by atoms with Crippen LogP contribution in [-0.2, 0) is 11.2 Å². The van der Waals surface area contributed by atoms with E-state index in [1.165, 1.54) is 10.9 Å². The Hall–Kier alpha value is -3.52. The van der Waals surface area contributed by atoms with Crippen LogP contribution in [0.3, 0.4) is 0 Å². The number of nitrogens with zero attached hydrogens (tertiary/aromatic N) is 2. The first-order valence-corrected chi connectivity index (χ1v) is 11.6. The number of aromatic nitrogens is 1. The van der Waals surface area contributed by atoms with E-state index >= 15 is 0 Å². The molecule has 0 unspecified atom stereocenters. The van der Waals surface area contributed by atoms with Crippen LogP contribution in [0.1, 0.15) is 30.6 Å². The molecule has 0 spiro atoms. The summed E-state index contributed by atoms with van der Waals surface area (Å²) in [4.78, 5) is 33.7. The summed E-state index contributed by atoms with van der Waals surface area (Å²) in [5.74, 6) is -0.0941. The number of fused-ring (bicyclic) bond motifs is 5. The van der Waals surface area contributed by atoms with Crippen LogP contribution >= 0.6 is 0 Å². The number of hydrogen-bond donors (Lipinski definition) is 3. The van der Waals surface area contributed by atoms with E-state index in [9.17, 15) is 14.7 Å². The number of hydrogen-bond acceptors (Lipinski definition) is 4. The zero-order valence-electron chi connectivity index (χ0n) is 19.6. The van der Waals surface area contributed by atoms with Gasteiger partial charge in [-0.3, -0.25) is 4.79 Å². The SMILES string of the molecule is COc1ccc(NC(=O)N(C)[C@H]2C[C@H]3c4[nH]c5ccccc5c4CCN3C(=O)[C@H]2[C@H](C)O)cc1. The standard InChI is InChI=1S/C26H30N4O4/c1-15(31)23-21(29(2)26(33)27-16-8-10-17(34-3)11-9-16)14-22-24-19(12-13-30(22)25(23)32)18-6-4-5-7-20(18)28-24/h4-11,15,21-23,28,31H,12-14H2,1-3H3,(H,27,33)/t15-,21-,22-,23-/m0/s1. The summed E-state index contributed by atoms with van der Waals surface area (Å²) < 4.78 is 5.17. The first-order chi connectivity index (χ1) is 16.4. The summed E-state index contributed by atoms with van der Waals surface area (Å²) in [6.45, 7) is 2.24. The van der Waals surface area contributed by atoms with Crippen molar-refractivity contribution in [2.45, 2.75) is 38.0 Å². The van der Waals surface area contributed by atoms with Crippen LogP contribution in [0.4, 0.5) is 10.5 Å². The summed E-state index contributed by atoms with van der Waals surface area (Å²) in [7, 11) is 3.28. The monoisotopic (exact) mass is 462 g/mol. The van der Waals surface area contributed by atoms with Crippen LogP contribution in [0, 0.1) is 5.92 Å². The number of carbonyl (C=O) groups is 2. The van der Waals surface area contributed by atoms with Crippen molar-refractivity contribution in [3.05, 3.63) is 59.8 Å². The zero-order chi connectivity index (χ0) is 24.0. The van der Waals surface area contributed by atoms with Gasteiger partial charge in [0.2, 0.25) is 5.91 Å². The maximum Gasteiger partial charge on any atom is 0.321 e. The number of methoxy groups -OCH3 is 1. The fourth-order valence-electron chi connectivity index (χ4n) is 5.52. The molecule has 8 nitrogen and oxygen atoms in total. The van der Waals surface area contributed by atoms with Crippen molar-refractivity contribution in [1.82, 2.24) is 14.8 Å². The Kier molecular flexibility index (Phi) is 5.69. The first-order valence-electron chi connectivity index (χ1n) is 11.6. The van der Waals surface area contributed by atoms with Gasteiger partial charge >= 0.3 is 6.03 Å². The Morgan fingerprint density at radius 1 is 1.24 bits per heavy atom. The smallest absolute Gasteiger partial charge is 0.321 e. The van der Waals surface area contributed by atoms with E-state index < -0.39 is 18.1 Å². The maximum atomic E-state index is 13.6. The molecule has 1 fully saturated rings. The average molecular weight is 463 g/mol. The van der Waals surface area contributed by atoms with E-state index in [0.717, 1.165) is 17.6 Å². The van der Waals surface area contributed by atoms with Crippen molar-refractivity contribution >= 4 is 28.5 Å². The van der Waals surface area contributed by atoms with Crippen LogP contribution in [0.2, 0.25) is 0 Å². The molecule has 0 bridgehead atoms. The molecule has 3 aromatic rings. The molecule has 0 saturated carbocycles. The third-order valence-electron chi connectivity index (χ3n) is 7.29. The van der Waals surface area contributed by atoms with Gasteiger partial charge in [-0.2, -0.15) is 0 Å². The van der Waals surface area contributed by atoms with Crippen molar-refractivity contribution in [3.63, 3.8) is 0 Å². The minimum atomic E-state index is -0.876. The number of urea groups is 1. The zero-order valence-corrected chi connectivity index (χ0v) is 19.6. The third kappa shape index (κ3) is 3.68. The molecule has 8 heteroatoms. The maximum absolute atomic E-state index is 13.6. The average Bonchev–Trinajstić information content (AvgIpc) is 3.23. The Labute approximate surface area is 198 Å². The minimum absolute atomic E-state index is 0.107. The van der Waals surface area contributed by atoms with Crippen LogP contribution in [0.25, 0.3) is 10.9 Å². The van der Waals surface area contributed by atoms with E-state index in [1.54, 1.807) is 50.2 Å². The number of H-pyrrole nitrogens is 1. The highest BCUT2D eigenvalue weighted by Crippen LogP contribution is 2.43. The molecule has 1 saturated heterocycles. The Morgan fingerprint density at radius 3 is 2.68 bits per heavy atom. The second-order valence-corrected chi connectivity index (χ2v) is 9.20. The summed E-state index contributed by atoms with van der Waals surface area (Å²) in [5.41, 5.74) is 3.97. The van der Waals surface area contributed by atoms with Gasteiger partial charge in [-0.15, -0.1) is 0 Å². The second-order valence-electron chi connectivity index (χ2n) is 9.20. The van der Waals surface area contributed by atoms with E-state index in [-0.39, 0.29) is 18.0 Å². The van der Waals surface area contributed by atoms with Gasteiger partial charge in [0.25, 0.3) is 0 Å².